The molecule has 0 fully saturated rings. The number of hydrogen-bond acceptors (Lipinski definition) is 3. The van der Waals surface area contributed by atoms with Gasteiger partial charge in [0.25, 0.3) is 10.1 Å². The van der Waals surface area contributed by atoms with E-state index in [1.165, 1.54) is 12.1 Å². The molecule has 0 saturated heterocycles. The van der Waals surface area contributed by atoms with Crippen LogP contribution in [0.3, 0.4) is 0 Å². The Labute approximate surface area is 152 Å². The van der Waals surface area contributed by atoms with E-state index in [-0.39, 0.29) is 10.7 Å². The summed E-state index contributed by atoms with van der Waals surface area (Å²) >= 11 is 0. The van der Waals surface area contributed by atoms with E-state index in [4.69, 9.17) is 0 Å². The van der Waals surface area contributed by atoms with Crippen LogP contribution in [0.5, 0.6) is 0 Å². The Balaban J connectivity index is 2.39. The van der Waals surface area contributed by atoms with Crippen LogP contribution >= 0.6 is 0 Å². The standard InChI is InChI=1S/C21H18O4S/c1-14-6-5-7-16(12-14)21(17-10-11-19(22)15(2)13-17)18-8-3-4-9-20(18)26(23,24)25/h3-13H,1-2H3,(H,23,24,25). The summed E-state index contributed by atoms with van der Waals surface area (Å²) in [5, 5.41) is 0. The van der Waals surface area contributed by atoms with Crippen LogP contribution in [-0.4, -0.2) is 18.8 Å². The van der Waals surface area contributed by atoms with Crippen LogP contribution in [-0.2, 0) is 14.9 Å². The van der Waals surface area contributed by atoms with E-state index in [0.717, 1.165) is 11.1 Å². The highest BCUT2D eigenvalue weighted by atomic mass is 32.2. The number of carbonyl (C=O) groups excluding carboxylic acids is 1. The maximum atomic E-state index is 11.9. The highest BCUT2D eigenvalue weighted by molar-refractivity contribution is 7.86. The molecule has 1 N–H and O–H groups in total. The minimum absolute atomic E-state index is 0.0830. The summed E-state index contributed by atoms with van der Waals surface area (Å²) in [5.41, 5.74) is 4.13. The lowest BCUT2D eigenvalue weighted by Gasteiger charge is -2.17. The van der Waals surface area contributed by atoms with Gasteiger partial charge in [0.05, 0.1) is 0 Å². The average molecular weight is 366 g/mol. The lowest BCUT2D eigenvalue weighted by atomic mass is 9.89. The molecule has 0 aliphatic heterocycles. The van der Waals surface area contributed by atoms with E-state index >= 15 is 0 Å². The molecule has 132 valence electrons. The predicted molar refractivity (Wildman–Crippen MR) is 101 cm³/mol. The fraction of sp³-hybridized carbons (Fsp3) is 0.0952. The minimum atomic E-state index is -4.41. The van der Waals surface area contributed by atoms with Gasteiger partial charge in [-0.25, -0.2) is 0 Å². The molecular formula is C21H18O4S. The second-order valence-corrected chi connectivity index (χ2v) is 7.59. The number of ketones is 1. The van der Waals surface area contributed by atoms with Crippen molar-refractivity contribution in [3.63, 3.8) is 0 Å². The monoisotopic (exact) mass is 366 g/mol. The van der Waals surface area contributed by atoms with Crippen LogP contribution in [0.25, 0.3) is 5.57 Å². The Hall–Kier alpha value is -2.76. The summed E-state index contributed by atoms with van der Waals surface area (Å²) in [7, 11) is -4.41. The van der Waals surface area contributed by atoms with Gasteiger partial charge in [0.15, 0.2) is 5.78 Å². The van der Waals surface area contributed by atoms with Gasteiger partial charge >= 0.3 is 0 Å². The average Bonchev–Trinajstić information content (AvgIpc) is 2.58. The molecule has 1 aliphatic carbocycles. The molecular weight excluding hydrogens is 348 g/mol. The molecule has 26 heavy (non-hydrogen) atoms. The van der Waals surface area contributed by atoms with Crippen molar-refractivity contribution in [1.29, 1.82) is 0 Å². The van der Waals surface area contributed by atoms with E-state index in [0.29, 0.717) is 22.3 Å². The molecule has 0 saturated carbocycles. The molecule has 2 aromatic rings. The third-order valence-corrected chi connectivity index (χ3v) is 5.12. The molecule has 0 heterocycles. The molecule has 3 rings (SSSR count). The van der Waals surface area contributed by atoms with Crippen molar-refractivity contribution in [3.8, 4) is 0 Å². The van der Waals surface area contributed by atoms with E-state index in [1.807, 2.05) is 31.2 Å². The molecule has 4 nitrogen and oxygen atoms in total. The third kappa shape index (κ3) is 3.59. The van der Waals surface area contributed by atoms with Crippen molar-refractivity contribution >= 4 is 21.5 Å². The van der Waals surface area contributed by atoms with Crippen molar-refractivity contribution in [2.45, 2.75) is 18.7 Å². The van der Waals surface area contributed by atoms with Gasteiger partial charge in [-0.1, -0.05) is 54.1 Å². The summed E-state index contributed by atoms with van der Waals surface area (Å²) in [6.45, 7) is 3.66. The number of benzene rings is 2. The molecule has 0 aromatic heterocycles. The molecule has 0 unspecified atom stereocenters. The van der Waals surface area contributed by atoms with Crippen molar-refractivity contribution in [2.75, 3.05) is 0 Å². The quantitative estimate of drug-likeness (QED) is 0.829. The van der Waals surface area contributed by atoms with E-state index in [2.05, 4.69) is 0 Å². The number of aryl methyl sites for hydroxylation is 1. The molecule has 0 bridgehead atoms. The summed E-state index contributed by atoms with van der Waals surface area (Å²) in [6.07, 6.45) is 4.88. The van der Waals surface area contributed by atoms with Crippen LogP contribution in [0.1, 0.15) is 23.6 Å². The van der Waals surface area contributed by atoms with Crippen LogP contribution in [0, 0.1) is 6.92 Å². The van der Waals surface area contributed by atoms with Gasteiger partial charge in [-0.05, 0) is 54.3 Å². The smallest absolute Gasteiger partial charge is 0.290 e. The zero-order chi connectivity index (χ0) is 18.9. The Morgan fingerprint density at radius 3 is 2.35 bits per heavy atom. The Kier molecular flexibility index (Phi) is 4.76. The fourth-order valence-electron chi connectivity index (χ4n) is 2.98. The van der Waals surface area contributed by atoms with Gasteiger partial charge < -0.3 is 0 Å². The second-order valence-electron chi connectivity index (χ2n) is 6.20. The molecule has 0 radical (unpaired) electrons. The lowest BCUT2D eigenvalue weighted by Crippen LogP contribution is -2.06. The fourth-order valence-corrected chi connectivity index (χ4v) is 3.68. The first-order chi connectivity index (χ1) is 12.3. The molecule has 0 atom stereocenters. The summed E-state index contributed by atoms with van der Waals surface area (Å²) in [6, 6.07) is 14.0. The second kappa shape index (κ2) is 6.86. The van der Waals surface area contributed by atoms with Gasteiger partial charge in [-0.3, -0.25) is 9.35 Å². The zero-order valence-electron chi connectivity index (χ0n) is 14.4. The summed E-state index contributed by atoms with van der Waals surface area (Å²) in [5.74, 6) is -0.0830. The van der Waals surface area contributed by atoms with Crippen molar-refractivity contribution < 1.29 is 17.8 Å². The molecule has 0 spiro atoms. The van der Waals surface area contributed by atoms with Crippen molar-refractivity contribution in [1.82, 2.24) is 0 Å². The zero-order valence-corrected chi connectivity index (χ0v) is 15.2. The number of carbonyl (C=O) groups is 1. The minimum Gasteiger partial charge on any atom is -0.290 e. The highest BCUT2D eigenvalue weighted by Crippen LogP contribution is 2.34. The first-order valence-electron chi connectivity index (χ1n) is 8.06. The summed E-state index contributed by atoms with van der Waals surface area (Å²) in [4.78, 5) is 11.6. The van der Waals surface area contributed by atoms with Crippen LogP contribution in [0.15, 0.2) is 82.8 Å². The van der Waals surface area contributed by atoms with E-state index in [9.17, 15) is 17.8 Å². The van der Waals surface area contributed by atoms with E-state index < -0.39 is 10.1 Å². The summed E-state index contributed by atoms with van der Waals surface area (Å²) < 4.78 is 33.5. The topological polar surface area (TPSA) is 71.4 Å². The predicted octanol–water partition coefficient (Wildman–Crippen LogP) is 4.13. The molecule has 2 aromatic carbocycles. The third-order valence-electron chi connectivity index (χ3n) is 4.20. The first-order valence-corrected chi connectivity index (χ1v) is 9.50. The first kappa shape index (κ1) is 18.0. The van der Waals surface area contributed by atoms with Gasteiger partial charge in [0, 0.05) is 5.56 Å². The van der Waals surface area contributed by atoms with E-state index in [1.54, 1.807) is 37.3 Å². The number of hydrogen-bond donors (Lipinski definition) is 1. The number of allylic oxidation sites excluding steroid dienone is 5. The Morgan fingerprint density at radius 2 is 1.69 bits per heavy atom. The van der Waals surface area contributed by atoms with Crippen molar-refractivity contribution in [3.05, 3.63) is 94.6 Å². The lowest BCUT2D eigenvalue weighted by molar-refractivity contribution is -0.111. The van der Waals surface area contributed by atoms with Crippen LogP contribution < -0.4 is 0 Å². The maximum absolute atomic E-state index is 11.9. The van der Waals surface area contributed by atoms with Crippen LogP contribution in [0.2, 0.25) is 0 Å². The SMILES string of the molecule is CC1=CC(=C(c2cccc(C)c2)c2ccccc2S(=O)(=O)O)C=CC1=O. The maximum Gasteiger partial charge on any atom is 0.295 e. The number of rotatable bonds is 3. The Morgan fingerprint density at radius 1 is 0.962 bits per heavy atom. The van der Waals surface area contributed by atoms with Gasteiger partial charge in [-0.2, -0.15) is 8.42 Å². The highest BCUT2D eigenvalue weighted by Gasteiger charge is 2.21. The normalized spacial score (nSPS) is 16.4. The van der Waals surface area contributed by atoms with Crippen LogP contribution in [0.4, 0.5) is 0 Å². The van der Waals surface area contributed by atoms with Gasteiger partial charge in [0.1, 0.15) is 4.90 Å². The Bertz CT molecular complexity index is 1090. The molecule has 5 heteroatoms. The van der Waals surface area contributed by atoms with Gasteiger partial charge in [-0.15, -0.1) is 0 Å². The van der Waals surface area contributed by atoms with Gasteiger partial charge in [0.2, 0.25) is 0 Å². The van der Waals surface area contributed by atoms with Crippen molar-refractivity contribution in [2.24, 2.45) is 0 Å². The molecule has 1 aliphatic rings. The largest absolute Gasteiger partial charge is 0.295 e. The molecule has 0 amide bonds.